The lowest BCUT2D eigenvalue weighted by molar-refractivity contribution is 0.415. The first-order chi connectivity index (χ1) is 17.2. The van der Waals surface area contributed by atoms with Crippen molar-refractivity contribution in [1.29, 1.82) is 0 Å². The molecule has 8 heteroatoms. The van der Waals surface area contributed by atoms with Gasteiger partial charge in [0, 0.05) is 53.6 Å². The standard InChI is InChI=1S/C27H25N7O/c1-17-9-10-21-20(11-13-30-26(21)33-18-6-4-7-19(14-18)35-3)25(17)34-27-22(8-5-12-29-27)23-15-24(28-2)32-16-31-23/h4-16H,1-3H3,(H,29,34)(H,30,33)(H,28,31,32). The molecule has 0 saturated carbocycles. The van der Waals surface area contributed by atoms with Crippen molar-refractivity contribution in [3.05, 3.63) is 84.9 Å². The summed E-state index contributed by atoms with van der Waals surface area (Å²) in [5.74, 6) is 2.99. The molecule has 3 aromatic heterocycles. The molecule has 0 bridgehead atoms. The SMILES string of the molecule is CNc1cc(-c2cccnc2Nc2c(C)ccc3c(Nc4cccc(OC)c4)nccc23)ncn1. The van der Waals surface area contributed by atoms with Gasteiger partial charge in [-0.3, -0.25) is 0 Å². The molecule has 0 atom stereocenters. The summed E-state index contributed by atoms with van der Waals surface area (Å²) in [6.07, 6.45) is 5.12. The lowest BCUT2D eigenvalue weighted by Crippen LogP contribution is -2.02. The van der Waals surface area contributed by atoms with Crippen LogP contribution in [0.3, 0.4) is 0 Å². The van der Waals surface area contributed by atoms with Crippen LogP contribution in [-0.4, -0.2) is 34.1 Å². The monoisotopic (exact) mass is 463 g/mol. The van der Waals surface area contributed by atoms with Crippen LogP contribution in [0.15, 0.2) is 79.4 Å². The number of fused-ring (bicyclic) bond motifs is 1. The number of aromatic nitrogens is 4. The average molecular weight is 464 g/mol. The van der Waals surface area contributed by atoms with Crippen molar-refractivity contribution in [2.45, 2.75) is 6.92 Å². The number of rotatable bonds is 7. The van der Waals surface area contributed by atoms with Gasteiger partial charge in [0.1, 0.15) is 29.5 Å². The molecule has 3 N–H and O–H groups in total. The number of hydrogen-bond acceptors (Lipinski definition) is 8. The van der Waals surface area contributed by atoms with E-state index in [0.717, 1.165) is 56.4 Å². The largest absolute Gasteiger partial charge is 0.497 e. The van der Waals surface area contributed by atoms with E-state index in [2.05, 4.69) is 54.9 Å². The van der Waals surface area contributed by atoms with Crippen LogP contribution < -0.4 is 20.7 Å². The summed E-state index contributed by atoms with van der Waals surface area (Å²) < 4.78 is 5.35. The third-order valence-corrected chi connectivity index (χ3v) is 5.74. The molecule has 0 aliphatic rings. The van der Waals surface area contributed by atoms with Crippen molar-refractivity contribution < 1.29 is 4.74 Å². The van der Waals surface area contributed by atoms with Crippen LogP contribution in [0.4, 0.5) is 28.8 Å². The van der Waals surface area contributed by atoms with E-state index in [0.29, 0.717) is 5.82 Å². The number of nitrogens with one attached hydrogen (secondary N) is 3. The van der Waals surface area contributed by atoms with Gasteiger partial charge in [-0.25, -0.2) is 19.9 Å². The molecule has 0 amide bonds. The summed E-state index contributed by atoms with van der Waals surface area (Å²) in [6.45, 7) is 2.07. The zero-order chi connectivity index (χ0) is 24.2. The topological polar surface area (TPSA) is 96.9 Å². The van der Waals surface area contributed by atoms with Crippen molar-refractivity contribution in [3.8, 4) is 17.0 Å². The second-order valence-corrected chi connectivity index (χ2v) is 7.93. The van der Waals surface area contributed by atoms with Crippen LogP contribution in [-0.2, 0) is 0 Å². The first-order valence-corrected chi connectivity index (χ1v) is 11.2. The van der Waals surface area contributed by atoms with Crippen LogP contribution in [0.25, 0.3) is 22.0 Å². The van der Waals surface area contributed by atoms with Gasteiger partial charge in [-0.05, 0) is 42.8 Å². The summed E-state index contributed by atoms with van der Waals surface area (Å²) in [4.78, 5) is 17.9. The lowest BCUT2D eigenvalue weighted by atomic mass is 10.0. The molecule has 5 rings (SSSR count). The highest BCUT2D eigenvalue weighted by Crippen LogP contribution is 2.36. The maximum absolute atomic E-state index is 5.35. The van der Waals surface area contributed by atoms with E-state index in [4.69, 9.17) is 4.74 Å². The fraction of sp³-hybridized carbons (Fsp3) is 0.111. The molecule has 0 spiro atoms. The zero-order valence-electron chi connectivity index (χ0n) is 19.7. The molecule has 0 fully saturated rings. The number of pyridine rings is 2. The van der Waals surface area contributed by atoms with Gasteiger partial charge >= 0.3 is 0 Å². The third-order valence-electron chi connectivity index (χ3n) is 5.74. The molecule has 0 radical (unpaired) electrons. The summed E-state index contributed by atoms with van der Waals surface area (Å²) in [5.41, 5.74) is 4.61. The quantitative estimate of drug-likeness (QED) is 0.273. The first-order valence-electron chi connectivity index (χ1n) is 11.2. The second-order valence-electron chi connectivity index (χ2n) is 7.93. The number of aryl methyl sites for hydroxylation is 1. The van der Waals surface area contributed by atoms with Crippen LogP contribution in [0.1, 0.15) is 5.56 Å². The maximum atomic E-state index is 5.35. The normalized spacial score (nSPS) is 10.7. The average Bonchev–Trinajstić information content (AvgIpc) is 2.91. The summed E-state index contributed by atoms with van der Waals surface area (Å²) in [5, 5.41) is 12.1. The third kappa shape index (κ3) is 4.54. The Hall–Kier alpha value is -4.72. The fourth-order valence-electron chi connectivity index (χ4n) is 3.94. The van der Waals surface area contributed by atoms with Crippen LogP contribution >= 0.6 is 0 Å². The van der Waals surface area contributed by atoms with E-state index in [1.807, 2.05) is 55.6 Å². The van der Waals surface area contributed by atoms with E-state index >= 15 is 0 Å². The molecule has 0 unspecified atom stereocenters. The van der Waals surface area contributed by atoms with E-state index in [9.17, 15) is 0 Å². The van der Waals surface area contributed by atoms with Crippen molar-refractivity contribution in [1.82, 2.24) is 19.9 Å². The molecule has 5 aromatic rings. The molecule has 3 heterocycles. The number of methoxy groups -OCH3 is 1. The number of ether oxygens (including phenoxy) is 1. The minimum Gasteiger partial charge on any atom is -0.497 e. The molecule has 8 nitrogen and oxygen atoms in total. The minimum atomic E-state index is 0.711. The Bertz CT molecular complexity index is 1500. The molecular weight excluding hydrogens is 438 g/mol. The summed E-state index contributed by atoms with van der Waals surface area (Å²) in [7, 11) is 3.49. The Balaban J connectivity index is 1.56. The van der Waals surface area contributed by atoms with Gasteiger partial charge in [0.25, 0.3) is 0 Å². The molecule has 35 heavy (non-hydrogen) atoms. The van der Waals surface area contributed by atoms with Crippen molar-refractivity contribution in [2.24, 2.45) is 0 Å². The van der Waals surface area contributed by atoms with Gasteiger partial charge in [0.15, 0.2) is 0 Å². The van der Waals surface area contributed by atoms with Gasteiger partial charge in [-0.2, -0.15) is 0 Å². The van der Waals surface area contributed by atoms with Gasteiger partial charge in [0.05, 0.1) is 18.5 Å². The molecule has 2 aromatic carbocycles. The Morgan fingerprint density at radius 2 is 1.66 bits per heavy atom. The number of hydrogen-bond donors (Lipinski definition) is 3. The van der Waals surface area contributed by atoms with E-state index in [-0.39, 0.29) is 0 Å². The predicted octanol–water partition coefficient (Wildman–Crippen LogP) is 5.93. The van der Waals surface area contributed by atoms with E-state index < -0.39 is 0 Å². The van der Waals surface area contributed by atoms with Gasteiger partial charge in [-0.1, -0.05) is 18.2 Å². The zero-order valence-corrected chi connectivity index (χ0v) is 19.7. The fourth-order valence-corrected chi connectivity index (χ4v) is 3.94. The maximum Gasteiger partial charge on any atom is 0.139 e. The van der Waals surface area contributed by atoms with E-state index in [1.54, 1.807) is 25.8 Å². The number of anilines is 5. The predicted molar refractivity (Wildman–Crippen MR) is 141 cm³/mol. The highest BCUT2D eigenvalue weighted by atomic mass is 16.5. The van der Waals surface area contributed by atoms with Crippen LogP contribution in [0, 0.1) is 6.92 Å². The minimum absolute atomic E-state index is 0.711. The number of benzene rings is 2. The highest BCUT2D eigenvalue weighted by molar-refractivity contribution is 6.03. The smallest absolute Gasteiger partial charge is 0.139 e. The van der Waals surface area contributed by atoms with Gasteiger partial charge < -0.3 is 20.7 Å². The molecule has 0 aliphatic heterocycles. The molecular formula is C27H25N7O. The van der Waals surface area contributed by atoms with Crippen molar-refractivity contribution in [3.63, 3.8) is 0 Å². The summed E-state index contributed by atoms with van der Waals surface area (Å²) >= 11 is 0. The number of nitrogens with zero attached hydrogens (tertiary/aromatic N) is 4. The Labute approximate surface area is 203 Å². The van der Waals surface area contributed by atoms with Gasteiger partial charge in [0.2, 0.25) is 0 Å². The molecule has 0 aliphatic carbocycles. The van der Waals surface area contributed by atoms with Crippen molar-refractivity contribution in [2.75, 3.05) is 30.1 Å². The van der Waals surface area contributed by atoms with Crippen LogP contribution in [0.2, 0.25) is 0 Å². The van der Waals surface area contributed by atoms with Crippen molar-refractivity contribution >= 4 is 39.6 Å². The lowest BCUT2D eigenvalue weighted by Gasteiger charge is -2.17. The molecule has 174 valence electrons. The Kier molecular flexibility index (Phi) is 6.09. The Morgan fingerprint density at radius 3 is 2.51 bits per heavy atom. The highest BCUT2D eigenvalue weighted by Gasteiger charge is 2.14. The Morgan fingerprint density at radius 1 is 0.771 bits per heavy atom. The first kappa shape index (κ1) is 22.1. The summed E-state index contributed by atoms with van der Waals surface area (Å²) in [6, 6.07) is 19.7. The van der Waals surface area contributed by atoms with E-state index in [1.165, 1.54) is 0 Å². The molecule has 0 saturated heterocycles. The van der Waals surface area contributed by atoms with Gasteiger partial charge in [-0.15, -0.1) is 0 Å². The van der Waals surface area contributed by atoms with Crippen LogP contribution in [0.5, 0.6) is 5.75 Å². The second kappa shape index (κ2) is 9.64.